The molecule has 1 amide bonds. The van der Waals surface area contributed by atoms with Crippen molar-refractivity contribution in [3.63, 3.8) is 0 Å². The van der Waals surface area contributed by atoms with Crippen LogP contribution in [-0.4, -0.2) is 21.0 Å². The minimum atomic E-state index is -0.486. The Labute approximate surface area is 184 Å². The fourth-order valence-corrected chi connectivity index (χ4v) is 3.47. The first-order valence-corrected chi connectivity index (χ1v) is 10.0. The number of carbonyl (C=O) groups excluding carboxylic acids is 1. The van der Waals surface area contributed by atoms with Crippen molar-refractivity contribution < 1.29 is 18.9 Å². The van der Waals surface area contributed by atoms with Gasteiger partial charge in [0.2, 0.25) is 5.13 Å². The van der Waals surface area contributed by atoms with E-state index in [1.54, 1.807) is 30.3 Å². The topological polar surface area (TPSA) is 120 Å². The predicted octanol–water partition coefficient (Wildman–Crippen LogP) is 5.19. The summed E-state index contributed by atoms with van der Waals surface area (Å²) < 4.78 is 11.1. The zero-order valence-electron chi connectivity index (χ0n) is 15.6. The quantitative estimate of drug-likeness (QED) is 0.300. The number of hydrogen-bond acceptors (Lipinski definition) is 8. The highest BCUT2D eigenvalue weighted by atomic mass is 35.5. The van der Waals surface area contributed by atoms with Crippen molar-refractivity contribution in [2.75, 3.05) is 5.32 Å². The molecule has 4 rings (SSSR count). The molecule has 1 N–H and O–H groups in total. The molecule has 0 atom stereocenters. The number of nitro groups is 1. The lowest BCUT2D eigenvalue weighted by molar-refractivity contribution is -0.384. The molecule has 0 spiro atoms. The molecule has 11 heteroatoms. The number of furan rings is 1. The number of aromatic nitrogens is 2. The molecule has 0 radical (unpaired) electrons. The molecule has 0 bridgehead atoms. The number of hydrogen-bond donors (Lipinski definition) is 1. The van der Waals surface area contributed by atoms with Gasteiger partial charge in [-0.1, -0.05) is 35.1 Å². The van der Waals surface area contributed by atoms with Gasteiger partial charge < -0.3 is 9.15 Å². The van der Waals surface area contributed by atoms with Crippen molar-refractivity contribution in [3.05, 3.63) is 86.6 Å². The third kappa shape index (κ3) is 4.87. The second-order valence-corrected chi connectivity index (χ2v) is 7.61. The number of anilines is 1. The number of nitrogens with one attached hydrogen (secondary N) is 1. The molecule has 0 unspecified atom stereocenters. The Kier molecular flexibility index (Phi) is 5.92. The van der Waals surface area contributed by atoms with Gasteiger partial charge in [-0.2, -0.15) is 0 Å². The van der Waals surface area contributed by atoms with Crippen LogP contribution in [0.5, 0.6) is 5.75 Å². The fraction of sp³-hybridized carbons (Fsp3) is 0.0500. The molecule has 4 aromatic rings. The largest absolute Gasteiger partial charge is 0.486 e. The van der Waals surface area contributed by atoms with Gasteiger partial charge in [-0.15, -0.1) is 10.2 Å². The van der Waals surface area contributed by atoms with Crippen molar-refractivity contribution in [2.24, 2.45) is 0 Å². The number of nitro benzene ring substituents is 1. The van der Waals surface area contributed by atoms with Crippen molar-refractivity contribution in [1.29, 1.82) is 0 Å². The molecule has 9 nitrogen and oxygen atoms in total. The lowest BCUT2D eigenvalue weighted by atomic mass is 10.2. The number of rotatable bonds is 7. The number of carbonyl (C=O) groups is 1. The van der Waals surface area contributed by atoms with Gasteiger partial charge in [0.1, 0.15) is 18.1 Å². The summed E-state index contributed by atoms with van der Waals surface area (Å²) >= 11 is 7.30. The van der Waals surface area contributed by atoms with Gasteiger partial charge in [-0.05, 0) is 36.4 Å². The Hall–Kier alpha value is -3.76. The fourth-order valence-electron chi connectivity index (χ4n) is 2.60. The van der Waals surface area contributed by atoms with Crippen LogP contribution in [0.3, 0.4) is 0 Å². The van der Waals surface area contributed by atoms with Crippen LogP contribution in [0.15, 0.2) is 65.1 Å². The van der Waals surface area contributed by atoms with E-state index < -0.39 is 10.8 Å². The Balaban J connectivity index is 1.36. The Morgan fingerprint density at radius 3 is 2.65 bits per heavy atom. The van der Waals surface area contributed by atoms with Crippen LogP contribution >= 0.6 is 22.9 Å². The van der Waals surface area contributed by atoms with E-state index in [-0.39, 0.29) is 23.2 Å². The normalized spacial score (nSPS) is 10.6. The van der Waals surface area contributed by atoms with Crippen LogP contribution in [0.1, 0.15) is 15.6 Å². The van der Waals surface area contributed by atoms with E-state index in [1.165, 1.54) is 24.3 Å². The number of nitrogens with zero attached hydrogens (tertiary/aromatic N) is 3. The maximum Gasteiger partial charge on any atom is 0.293 e. The van der Waals surface area contributed by atoms with Gasteiger partial charge in [0.15, 0.2) is 10.8 Å². The zero-order valence-corrected chi connectivity index (χ0v) is 17.2. The molecule has 0 aliphatic heterocycles. The monoisotopic (exact) mass is 456 g/mol. The number of non-ortho nitro benzene ring substituents is 1. The van der Waals surface area contributed by atoms with Gasteiger partial charge in [-0.3, -0.25) is 20.2 Å². The average Bonchev–Trinajstić information content (AvgIpc) is 3.43. The van der Waals surface area contributed by atoms with Crippen LogP contribution in [0.4, 0.5) is 10.8 Å². The molecule has 0 saturated carbocycles. The lowest BCUT2D eigenvalue weighted by Gasteiger charge is -2.02. The van der Waals surface area contributed by atoms with E-state index in [0.717, 1.165) is 11.3 Å². The SMILES string of the molecule is O=C(Nc1nnc(COc2ccc([N+](=O)[O-])cc2)s1)c1ccc(-c2ccccc2Cl)o1. The summed E-state index contributed by atoms with van der Waals surface area (Å²) in [4.78, 5) is 22.6. The Morgan fingerprint density at radius 2 is 1.90 bits per heavy atom. The third-order valence-electron chi connectivity index (χ3n) is 4.07. The van der Waals surface area contributed by atoms with E-state index in [1.807, 2.05) is 6.07 Å². The first kappa shape index (κ1) is 20.5. The summed E-state index contributed by atoms with van der Waals surface area (Å²) in [6.07, 6.45) is 0. The van der Waals surface area contributed by atoms with Crippen molar-refractivity contribution in [2.45, 2.75) is 6.61 Å². The van der Waals surface area contributed by atoms with Crippen molar-refractivity contribution in [3.8, 4) is 17.1 Å². The maximum atomic E-state index is 12.4. The highest BCUT2D eigenvalue weighted by Crippen LogP contribution is 2.29. The zero-order chi connectivity index (χ0) is 21.8. The summed E-state index contributed by atoms with van der Waals surface area (Å²) in [5.74, 6) is 0.561. The van der Waals surface area contributed by atoms with E-state index in [0.29, 0.717) is 27.1 Å². The summed E-state index contributed by atoms with van der Waals surface area (Å²) in [5.41, 5.74) is 0.661. The molecule has 0 fully saturated rings. The van der Waals surface area contributed by atoms with Crippen LogP contribution in [0.25, 0.3) is 11.3 Å². The smallest absolute Gasteiger partial charge is 0.293 e. The van der Waals surface area contributed by atoms with E-state index in [4.69, 9.17) is 20.8 Å². The summed E-state index contributed by atoms with van der Waals surface area (Å²) in [7, 11) is 0. The number of amides is 1. The van der Waals surface area contributed by atoms with E-state index in [9.17, 15) is 14.9 Å². The minimum Gasteiger partial charge on any atom is -0.486 e. The standard InChI is InChI=1S/C20H13ClN4O5S/c21-15-4-2-1-3-14(15)16-9-10-17(30-16)19(26)22-20-24-23-18(31-20)11-29-13-7-5-12(6-8-13)25(27)28/h1-10H,11H2,(H,22,24,26). The van der Waals surface area contributed by atoms with Crippen LogP contribution < -0.4 is 10.1 Å². The number of ether oxygens (including phenoxy) is 1. The molecule has 2 aromatic heterocycles. The second kappa shape index (κ2) is 8.94. The molecule has 0 aliphatic carbocycles. The van der Waals surface area contributed by atoms with Gasteiger partial charge in [0.05, 0.1) is 9.95 Å². The van der Waals surface area contributed by atoms with Gasteiger partial charge in [-0.25, -0.2) is 0 Å². The Bertz CT molecular complexity index is 1240. The molecule has 31 heavy (non-hydrogen) atoms. The average molecular weight is 457 g/mol. The lowest BCUT2D eigenvalue weighted by Crippen LogP contribution is -2.10. The summed E-state index contributed by atoms with van der Waals surface area (Å²) in [6, 6.07) is 16.1. The molecule has 2 aromatic carbocycles. The van der Waals surface area contributed by atoms with E-state index >= 15 is 0 Å². The first-order valence-electron chi connectivity index (χ1n) is 8.85. The molecule has 2 heterocycles. The van der Waals surface area contributed by atoms with Crippen LogP contribution in [-0.2, 0) is 6.61 Å². The van der Waals surface area contributed by atoms with Gasteiger partial charge in [0.25, 0.3) is 11.6 Å². The minimum absolute atomic E-state index is 0.0242. The van der Waals surface area contributed by atoms with Gasteiger partial charge >= 0.3 is 0 Å². The number of halogens is 1. The highest BCUT2D eigenvalue weighted by molar-refractivity contribution is 7.15. The van der Waals surface area contributed by atoms with E-state index in [2.05, 4.69) is 15.5 Å². The molecule has 156 valence electrons. The molecular formula is C20H13ClN4O5S. The van der Waals surface area contributed by atoms with Crippen LogP contribution in [0, 0.1) is 10.1 Å². The molecular weight excluding hydrogens is 444 g/mol. The van der Waals surface area contributed by atoms with Crippen molar-refractivity contribution >= 4 is 39.7 Å². The molecule has 0 aliphatic rings. The van der Waals surface area contributed by atoms with Gasteiger partial charge in [0, 0.05) is 17.7 Å². The highest BCUT2D eigenvalue weighted by Gasteiger charge is 2.16. The summed E-state index contributed by atoms with van der Waals surface area (Å²) in [5, 5.41) is 22.5. The molecule has 0 saturated heterocycles. The Morgan fingerprint density at radius 1 is 1.13 bits per heavy atom. The van der Waals surface area contributed by atoms with Crippen molar-refractivity contribution in [1.82, 2.24) is 10.2 Å². The maximum absolute atomic E-state index is 12.4. The second-order valence-electron chi connectivity index (χ2n) is 6.14. The summed E-state index contributed by atoms with van der Waals surface area (Å²) in [6.45, 7) is 0.1000. The van der Waals surface area contributed by atoms with Crippen LogP contribution in [0.2, 0.25) is 5.02 Å². The third-order valence-corrected chi connectivity index (χ3v) is 5.21. The number of benzene rings is 2. The predicted molar refractivity (Wildman–Crippen MR) is 114 cm³/mol. The first-order chi connectivity index (χ1) is 15.0.